The van der Waals surface area contributed by atoms with Crippen LogP contribution in [-0.4, -0.2) is 69.6 Å². The molecule has 0 radical (unpaired) electrons. The molecule has 26 heavy (non-hydrogen) atoms. The predicted octanol–water partition coefficient (Wildman–Crippen LogP) is 0.904. The number of rotatable bonds is 3. The number of hydrogen-bond donors (Lipinski definition) is 1. The van der Waals surface area contributed by atoms with Gasteiger partial charge in [-0.05, 0) is 26.3 Å². The number of aromatic nitrogens is 2. The molecule has 1 unspecified atom stereocenters. The molecule has 0 saturated carbocycles. The Morgan fingerprint density at radius 1 is 1.38 bits per heavy atom. The van der Waals surface area contributed by atoms with Gasteiger partial charge < -0.3 is 9.64 Å². The molecule has 12 heteroatoms. The van der Waals surface area contributed by atoms with E-state index in [1.807, 2.05) is 0 Å². The first-order valence-electron chi connectivity index (χ1n) is 7.67. The average molecular weight is 386 g/mol. The monoisotopic (exact) mass is 386 g/mol. The van der Waals surface area contributed by atoms with Crippen LogP contribution in [0.15, 0.2) is 18.5 Å². The van der Waals surface area contributed by atoms with Gasteiger partial charge in [0.25, 0.3) is 0 Å². The second-order valence-corrected chi connectivity index (χ2v) is 7.91. The summed E-state index contributed by atoms with van der Waals surface area (Å²) in [5, 5.41) is 4.56. The highest BCUT2D eigenvalue weighted by atomic mass is 32.3. The van der Waals surface area contributed by atoms with E-state index in [0.29, 0.717) is 16.2 Å². The van der Waals surface area contributed by atoms with Gasteiger partial charge in [0.1, 0.15) is 5.60 Å². The Hall–Kier alpha value is -2.44. The number of hydroxylamine groups is 2. The molecule has 1 saturated heterocycles. The van der Waals surface area contributed by atoms with Crippen molar-refractivity contribution in [1.29, 1.82) is 0 Å². The van der Waals surface area contributed by atoms with Crippen LogP contribution < -0.4 is 0 Å². The van der Waals surface area contributed by atoms with Crippen molar-refractivity contribution in [2.24, 2.45) is 0 Å². The van der Waals surface area contributed by atoms with Crippen LogP contribution in [0.25, 0.3) is 5.57 Å². The summed E-state index contributed by atoms with van der Waals surface area (Å²) in [5.74, 6) is 0. The van der Waals surface area contributed by atoms with E-state index < -0.39 is 34.2 Å². The van der Waals surface area contributed by atoms with E-state index in [0.717, 1.165) is 4.68 Å². The lowest BCUT2D eigenvalue weighted by atomic mass is 10.0. The van der Waals surface area contributed by atoms with Crippen molar-refractivity contribution in [2.45, 2.75) is 32.4 Å². The highest BCUT2D eigenvalue weighted by Crippen LogP contribution is 2.30. The quantitative estimate of drug-likeness (QED) is 0.758. The van der Waals surface area contributed by atoms with Crippen molar-refractivity contribution < 1.29 is 31.6 Å². The molecule has 142 valence electrons. The lowest BCUT2D eigenvalue weighted by Crippen LogP contribution is -2.35. The number of carbonyl (C=O) groups is 2. The highest BCUT2D eigenvalue weighted by molar-refractivity contribution is 7.80. The fraction of sp³-hybridized carbons (Fsp3) is 0.500. The molecule has 1 aromatic heterocycles. The summed E-state index contributed by atoms with van der Waals surface area (Å²) in [7, 11) is -4.81. The van der Waals surface area contributed by atoms with Crippen LogP contribution in [0.2, 0.25) is 0 Å². The summed E-state index contributed by atoms with van der Waals surface area (Å²) in [6.07, 6.45) is 3.89. The number of carbonyl (C=O) groups excluding carboxylic acids is 2. The highest BCUT2D eigenvalue weighted by Gasteiger charge is 2.43. The smallest absolute Gasteiger partial charge is 0.435 e. The van der Waals surface area contributed by atoms with Gasteiger partial charge in [0.05, 0.1) is 12.2 Å². The van der Waals surface area contributed by atoms with Crippen molar-refractivity contribution in [2.75, 3.05) is 13.1 Å². The molecule has 3 rings (SSSR count). The number of hydrogen-bond acceptors (Lipinski definition) is 7. The Morgan fingerprint density at radius 2 is 2.08 bits per heavy atom. The Kier molecular flexibility index (Phi) is 4.29. The molecule has 3 heterocycles. The number of fused-ring (bicyclic) bond motifs is 2. The maximum absolute atomic E-state index is 12.1. The van der Waals surface area contributed by atoms with E-state index in [4.69, 9.17) is 9.29 Å². The Labute approximate surface area is 149 Å². The Bertz CT molecular complexity index is 883. The van der Waals surface area contributed by atoms with Crippen molar-refractivity contribution in [3.8, 4) is 0 Å². The van der Waals surface area contributed by atoms with Crippen LogP contribution in [0.3, 0.4) is 0 Å². The Balaban J connectivity index is 1.80. The van der Waals surface area contributed by atoms with Crippen molar-refractivity contribution in [1.82, 2.24) is 19.7 Å². The zero-order valence-corrected chi connectivity index (χ0v) is 15.1. The third-order valence-electron chi connectivity index (χ3n) is 3.63. The molecule has 2 bridgehead atoms. The van der Waals surface area contributed by atoms with Crippen molar-refractivity contribution in [3.63, 3.8) is 0 Å². The summed E-state index contributed by atoms with van der Waals surface area (Å²) >= 11 is 0. The maximum Gasteiger partial charge on any atom is 0.435 e. The molecule has 0 spiro atoms. The number of ether oxygens (including phenoxy) is 1. The summed E-state index contributed by atoms with van der Waals surface area (Å²) in [4.78, 5) is 25.5. The van der Waals surface area contributed by atoms with Crippen LogP contribution in [-0.2, 0) is 19.4 Å². The van der Waals surface area contributed by atoms with Gasteiger partial charge in [-0.1, -0.05) is 6.08 Å². The standard InChI is InChI=1S/C14H18N4O7S/c1-14(2,3)24-13(20)17-7-10(5-15-17)9-4-11-8-16(6-9)12(19)18(11)25-26(21,22)23/h4-5,7,11H,6,8H2,1-3H3,(H,21,22,23). The normalized spacial score (nSPS) is 20.4. The maximum atomic E-state index is 12.1. The van der Waals surface area contributed by atoms with Gasteiger partial charge in [-0.25, -0.2) is 9.59 Å². The van der Waals surface area contributed by atoms with Gasteiger partial charge in [0.2, 0.25) is 0 Å². The Morgan fingerprint density at radius 3 is 2.69 bits per heavy atom. The van der Waals surface area contributed by atoms with Gasteiger partial charge in [-0.2, -0.15) is 23.3 Å². The number of urea groups is 1. The van der Waals surface area contributed by atoms with Crippen molar-refractivity contribution >= 4 is 28.1 Å². The first-order chi connectivity index (χ1) is 11.9. The van der Waals surface area contributed by atoms with Crippen LogP contribution in [0.1, 0.15) is 26.3 Å². The summed E-state index contributed by atoms with van der Waals surface area (Å²) in [6, 6.07) is -1.38. The minimum Gasteiger partial charge on any atom is -0.442 e. The fourth-order valence-corrected chi connectivity index (χ4v) is 3.05. The van der Waals surface area contributed by atoms with Gasteiger partial charge in [0, 0.05) is 24.8 Å². The van der Waals surface area contributed by atoms with Crippen LogP contribution >= 0.6 is 0 Å². The van der Waals surface area contributed by atoms with Crippen LogP contribution in [0.4, 0.5) is 9.59 Å². The first kappa shape index (κ1) is 18.4. The molecule has 2 aliphatic heterocycles. The first-order valence-corrected chi connectivity index (χ1v) is 9.04. The summed E-state index contributed by atoms with van der Waals surface area (Å²) in [5.41, 5.74) is 0.566. The van der Waals surface area contributed by atoms with E-state index in [1.165, 1.54) is 17.3 Å². The lowest BCUT2D eigenvalue weighted by Gasteiger charge is -2.20. The molecule has 2 aliphatic rings. The fourth-order valence-electron chi connectivity index (χ4n) is 2.68. The number of amides is 2. The molecule has 2 amide bonds. The van der Waals surface area contributed by atoms with Gasteiger partial charge in [-0.15, -0.1) is 4.28 Å². The van der Waals surface area contributed by atoms with E-state index in [9.17, 15) is 18.0 Å². The molecular formula is C14H18N4O7S. The molecule has 1 N–H and O–H groups in total. The third kappa shape index (κ3) is 3.86. The van der Waals surface area contributed by atoms with Crippen molar-refractivity contribution in [3.05, 3.63) is 24.0 Å². The summed E-state index contributed by atoms with van der Waals surface area (Å²) < 4.78 is 41.2. The minimum absolute atomic E-state index is 0.181. The minimum atomic E-state index is -4.81. The molecular weight excluding hydrogens is 368 g/mol. The van der Waals surface area contributed by atoms with E-state index in [1.54, 1.807) is 26.8 Å². The molecule has 1 aromatic rings. The lowest BCUT2D eigenvalue weighted by molar-refractivity contribution is -0.0183. The topological polar surface area (TPSA) is 131 Å². The average Bonchev–Trinajstić information content (AvgIpc) is 3.05. The molecule has 1 atom stereocenters. The molecule has 11 nitrogen and oxygen atoms in total. The van der Waals surface area contributed by atoms with Crippen LogP contribution in [0, 0.1) is 0 Å². The zero-order valence-electron chi connectivity index (χ0n) is 14.3. The second-order valence-electron chi connectivity index (χ2n) is 6.90. The molecule has 0 aliphatic carbocycles. The van der Waals surface area contributed by atoms with Gasteiger partial charge >= 0.3 is 22.5 Å². The van der Waals surface area contributed by atoms with Crippen LogP contribution in [0.5, 0.6) is 0 Å². The third-order valence-corrected chi connectivity index (χ3v) is 3.98. The number of nitrogens with zero attached hydrogens (tertiary/aromatic N) is 4. The van der Waals surface area contributed by atoms with E-state index in [2.05, 4.69) is 9.38 Å². The second kappa shape index (κ2) is 6.07. The summed E-state index contributed by atoms with van der Waals surface area (Å²) in [6.45, 7) is 5.61. The molecule has 1 fully saturated rings. The largest absolute Gasteiger partial charge is 0.442 e. The SMILES string of the molecule is CC(C)(C)OC(=O)n1cc(C2=CC3CN(C2)C(=O)N3OS(=O)(=O)O)cn1. The zero-order chi connectivity index (χ0) is 19.3. The van der Waals surface area contributed by atoms with Gasteiger partial charge in [-0.3, -0.25) is 4.55 Å². The van der Waals surface area contributed by atoms with E-state index >= 15 is 0 Å². The van der Waals surface area contributed by atoms with E-state index in [-0.39, 0.29) is 13.1 Å². The van der Waals surface area contributed by atoms with Gasteiger partial charge in [0.15, 0.2) is 0 Å². The molecule has 0 aromatic carbocycles. The predicted molar refractivity (Wildman–Crippen MR) is 87.1 cm³/mol.